The van der Waals surface area contributed by atoms with Crippen molar-refractivity contribution in [3.63, 3.8) is 0 Å². The number of ether oxygens (including phenoxy) is 2. The van der Waals surface area contributed by atoms with E-state index in [4.69, 9.17) is 9.47 Å². The van der Waals surface area contributed by atoms with Gasteiger partial charge < -0.3 is 19.9 Å². The van der Waals surface area contributed by atoms with Crippen LogP contribution in [0.3, 0.4) is 0 Å². The first-order valence-corrected chi connectivity index (χ1v) is 7.63. The van der Waals surface area contributed by atoms with Gasteiger partial charge in [0.25, 0.3) is 0 Å². The van der Waals surface area contributed by atoms with Crippen LogP contribution in [0.25, 0.3) is 0 Å². The zero-order valence-electron chi connectivity index (χ0n) is 13.7. The van der Waals surface area contributed by atoms with E-state index in [1.165, 1.54) is 0 Å². The van der Waals surface area contributed by atoms with Crippen LogP contribution in [0.1, 0.15) is 39.2 Å². The molecular formula is C17H29NO3. The van der Waals surface area contributed by atoms with Crippen LogP contribution in [0.5, 0.6) is 5.75 Å². The quantitative estimate of drug-likeness (QED) is 0.697. The number of rotatable bonds is 10. The standard InChI is InChI=1S/C17H29NO3/c1-5-9-18-17(3,13-19)11-14(2)21-16-8-6-7-15(10-16)12-20-4/h6-8,10,14,18-19H,5,9,11-13H2,1-4H3. The van der Waals surface area contributed by atoms with Crippen LogP contribution in [0, 0.1) is 0 Å². The lowest BCUT2D eigenvalue weighted by atomic mass is 9.95. The first-order chi connectivity index (χ1) is 10.0. The summed E-state index contributed by atoms with van der Waals surface area (Å²) in [5, 5.41) is 13.0. The van der Waals surface area contributed by atoms with E-state index in [1.807, 2.05) is 38.1 Å². The molecular weight excluding hydrogens is 266 g/mol. The average Bonchev–Trinajstić information content (AvgIpc) is 2.46. The number of benzene rings is 1. The van der Waals surface area contributed by atoms with Gasteiger partial charge in [-0.25, -0.2) is 0 Å². The molecule has 2 N–H and O–H groups in total. The SMILES string of the molecule is CCCNC(C)(CO)CC(C)Oc1cccc(COC)c1. The molecule has 21 heavy (non-hydrogen) atoms. The van der Waals surface area contributed by atoms with E-state index in [-0.39, 0.29) is 18.2 Å². The van der Waals surface area contributed by atoms with Crippen molar-refractivity contribution >= 4 is 0 Å². The van der Waals surface area contributed by atoms with Crippen LogP contribution in [0.4, 0.5) is 0 Å². The monoisotopic (exact) mass is 295 g/mol. The zero-order valence-corrected chi connectivity index (χ0v) is 13.7. The lowest BCUT2D eigenvalue weighted by Gasteiger charge is -2.31. The number of methoxy groups -OCH3 is 1. The van der Waals surface area contributed by atoms with E-state index < -0.39 is 0 Å². The number of hydrogen-bond donors (Lipinski definition) is 2. The van der Waals surface area contributed by atoms with E-state index in [0.717, 1.165) is 30.7 Å². The predicted octanol–water partition coefficient (Wildman–Crippen LogP) is 2.74. The highest BCUT2D eigenvalue weighted by Crippen LogP contribution is 2.20. The van der Waals surface area contributed by atoms with Crippen molar-refractivity contribution in [3.05, 3.63) is 29.8 Å². The summed E-state index contributed by atoms with van der Waals surface area (Å²) in [5.41, 5.74) is 0.788. The maximum Gasteiger partial charge on any atom is 0.120 e. The third-order valence-electron chi connectivity index (χ3n) is 3.44. The molecule has 0 heterocycles. The first kappa shape index (κ1) is 18.0. The van der Waals surface area contributed by atoms with E-state index in [0.29, 0.717) is 6.61 Å². The Kier molecular flexibility index (Phi) is 7.72. The summed E-state index contributed by atoms with van der Waals surface area (Å²) in [7, 11) is 1.68. The van der Waals surface area contributed by atoms with Gasteiger partial charge in [-0.3, -0.25) is 0 Å². The van der Waals surface area contributed by atoms with Gasteiger partial charge in [-0.1, -0.05) is 19.1 Å². The van der Waals surface area contributed by atoms with Gasteiger partial charge in [-0.15, -0.1) is 0 Å². The molecule has 0 radical (unpaired) electrons. The van der Waals surface area contributed by atoms with E-state index in [2.05, 4.69) is 12.2 Å². The lowest BCUT2D eigenvalue weighted by molar-refractivity contribution is 0.110. The maximum absolute atomic E-state index is 9.61. The Morgan fingerprint density at radius 1 is 1.38 bits per heavy atom. The molecule has 0 saturated heterocycles. The second-order valence-corrected chi connectivity index (χ2v) is 5.86. The fourth-order valence-corrected chi connectivity index (χ4v) is 2.40. The van der Waals surface area contributed by atoms with Gasteiger partial charge >= 0.3 is 0 Å². The third kappa shape index (κ3) is 6.46. The minimum atomic E-state index is -0.306. The Morgan fingerprint density at radius 2 is 2.14 bits per heavy atom. The number of hydrogen-bond acceptors (Lipinski definition) is 4. The Morgan fingerprint density at radius 3 is 2.76 bits per heavy atom. The Labute approximate surface area is 128 Å². The Bertz CT molecular complexity index is 411. The Hall–Kier alpha value is -1.10. The lowest BCUT2D eigenvalue weighted by Crippen LogP contribution is -2.48. The summed E-state index contributed by atoms with van der Waals surface area (Å²) < 4.78 is 11.1. The van der Waals surface area contributed by atoms with E-state index >= 15 is 0 Å². The van der Waals surface area contributed by atoms with E-state index in [1.54, 1.807) is 7.11 Å². The van der Waals surface area contributed by atoms with Crippen molar-refractivity contribution in [2.24, 2.45) is 0 Å². The average molecular weight is 295 g/mol. The minimum Gasteiger partial charge on any atom is -0.491 e. The molecule has 0 saturated carbocycles. The van der Waals surface area contributed by atoms with Crippen LogP contribution in [-0.4, -0.2) is 37.0 Å². The van der Waals surface area contributed by atoms with Gasteiger partial charge in [0, 0.05) is 19.1 Å². The highest BCUT2D eigenvalue weighted by atomic mass is 16.5. The van der Waals surface area contributed by atoms with Crippen LogP contribution < -0.4 is 10.1 Å². The molecule has 120 valence electrons. The molecule has 2 atom stereocenters. The molecule has 0 bridgehead atoms. The molecule has 0 aliphatic carbocycles. The molecule has 0 amide bonds. The first-order valence-electron chi connectivity index (χ1n) is 7.63. The molecule has 0 fully saturated rings. The van der Waals surface area contributed by atoms with Gasteiger partial charge in [0.15, 0.2) is 0 Å². The van der Waals surface area contributed by atoms with Crippen LogP contribution in [0.2, 0.25) is 0 Å². The van der Waals surface area contributed by atoms with Gasteiger partial charge in [0.05, 0.1) is 19.3 Å². The summed E-state index contributed by atoms with van der Waals surface area (Å²) in [5.74, 6) is 0.841. The van der Waals surface area contributed by atoms with Gasteiger partial charge in [0.2, 0.25) is 0 Å². The van der Waals surface area contributed by atoms with Gasteiger partial charge in [0.1, 0.15) is 5.75 Å². The normalized spacial score (nSPS) is 15.5. The Balaban J connectivity index is 2.59. The second kappa shape index (κ2) is 9.03. The topological polar surface area (TPSA) is 50.7 Å². The third-order valence-corrected chi connectivity index (χ3v) is 3.44. The van der Waals surface area contributed by atoms with Crippen LogP contribution >= 0.6 is 0 Å². The molecule has 0 aliphatic heterocycles. The molecule has 0 aromatic heterocycles. The number of nitrogens with one attached hydrogen (secondary N) is 1. The van der Waals surface area contributed by atoms with E-state index in [9.17, 15) is 5.11 Å². The summed E-state index contributed by atoms with van der Waals surface area (Å²) >= 11 is 0. The van der Waals surface area contributed by atoms with Crippen molar-refractivity contribution in [3.8, 4) is 5.75 Å². The number of aliphatic hydroxyl groups is 1. The van der Waals surface area contributed by atoms with Crippen molar-refractivity contribution in [1.82, 2.24) is 5.32 Å². The summed E-state index contributed by atoms with van der Waals surface area (Å²) in [6, 6.07) is 7.93. The second-order valence-electron chi connectivity index (χ2n) is 5.86. The van der Waals surface area contributed by atoms with Gasteiger partial charge in [-0.05, 0) is 44.5 Å². The molecule has 1 rings (SSSR count). The van der Waals surface area contributed by atoms with Crippen LogP contribution in [-0.2, 0) is 11.3 Å². The predicted molar refractivity (Wildman–Crippen MR) is 85.6 cm³/mol. The maximum atomic E-state index is 9.61. The number of aliphatic hydroxyl groups excluding tert-OH is 1. The molecule has 0 spiro atoms. The van der Waals surface area contributed by atoms with Crippen molar-refractivity contribution in [2.45, 2.75) is 51.9 Å². The highest BCUT2D eigenvalue weighted by molar-refractivity contribution is 5.28. The van der Waals surface area contributed by atoms with Crippen molar-refractivity contribution < 1.29 is 14.6 Å². The largest absolute Gasteiger partial charge is 0.491 e. The zero-order chi connectivity index (χ0) is 15.7. The van der Waals surface area contributed by atoms with Crippen LogP contribution in [0.15, 0.2) is 24.3 Å². The molecule has 0 aliphatic rings. The molecule has 4 nitrogen and oxygen atoms in total. The smallest absolute Gasteiger partial charge is 0.120 e. The molecule has 4 heteroatoms. The fraction of sp³-hybridized carbons (Fsp3) is 0.647. The highest BCUT2D eigenvalue weighted by Gasteiger charge is 2.25. The summed E-state index contributed by atoms with van der Waals surface area (Å²) in [6.07, 6.45) is 1.81. The molecule has 2 unspecified atom stereocenters. The molecule has 1 aromatic carbocycles. The summed E-state index contributed by atoms with van der Waals surface area (Å²) in [6.45, 7) is 7.76. The minimum absolute atomic E-state index is 0.0179. The van der Waals surface area contributed by atoms with Crippen molar-refractivity contribution in [2.75, 3.05) is 20.3 Å². The van der Waals surface area contributed by atoms with Gasteiger partial charge in [-0.2, -0.15) is 0 Å². The van der Waals surface area contributed by atoms with Crippen molar-refractivity contribution in [1.29, 1.82) is 0 Å². The summed E-state index contributed by atoms with van der Waals surface area (Å²) in [4.78, 5) is 0. The molecule has 1 aromatic rings. The fourth-order valence-electron chi connectivity index (χ4n) is 2.40.